The van der Waals surface area contributed by atoms with Gasteiger partial charge in [0, 0.05) is 19.2 Å². The molecule has 0 aliphatic heterocycles. The first-order valence-electron chi connectivity index (χ1n) is 9.44. The lowest BCUT2D eigenvalue weighted by Crippen LogP contribution is -2.42. The van der Waals surface area contributed by atoms with Gasteiger partial charge >= 0.3 is 5.97 Å². The van der Waals surface area contributed by atoms with Crippen LogP contribution in [0, 0.1) is 0 Å². The van der Waals surface area contributed by atoms with Crippen LogP contribution < -0.4 is 10.1 Å². The van der Waals surface area contributed by atoms with E-state index in [0.29, 0.717) is 13.1 Å². The van der Waals surface area contributed by atoms with Crippen LogP contribution in [0.2, 0.25) is 0 Å². The van der Waals surface area contributed by atoms with Crippen LogP contribution in [0.5, 0.6) is 5.75 Å². The summed E-state index contributed by atoms with van der Waals surface area (Å²) >= 11 is 0. The van der Waals surface area contributed by atoms with E-state index in [1.54, 1.807) is 27.0 Å². The van der Waals surface area contributed by atoms with Gasteiger partial charge in [-0.05, 0) is 54.5 Å². The molecule has 0 spiro atoms. The first kappa shape index (κ1) is 21.9. The molecule has 0 bridgehead atoms. The van der Waals surface area contributed by atoms with E-state index >= 15 is 0 Å². The van der Waals surface area contributed by atoms with Crippen molar-refractivity contribution in [2.45, 2.75) is 13.8 Å². The molecule has 2 rings (SSSR count). The Kier molecular flexibility index (Phi) is 8.21. The van der Waals surface area contributed by atoms with Crippen LogP contribution in [0.15, 0.2) is 42.5 Å². The maximum atomic E-state index is 12.1. The summed E-state index contributed by atoms with van der Waals surface area (Å²) in [7, 11) is 1.62. The van der Waals surface area contributed by atoms with E-state index in [0.717, 1.165) is 22.1 Å². The van der Waals surface area contributed by atoms with E-state index in [1.807, 2.05) is 36.4 Å². The summed E-state index contributed by atoms with van der Waals surface area (Å²) in [6, 6.07) is 11.5. The van der Waals surface area contributed by atoms with Crippen molar-refractivity contribution in [3.05, 3.63) is 48.0 Å². The van der Waals surface area contributed by atoms with Crippen molar-refractivity contribution in [2.75, 3.05) is 33.4 Å². The summed E-state index contributed by atoms with van der Waals surface area (Å²) in [4.78, 5) is 37.0. The number of benzene rings is 2. The van der Waals surface area contributed by atoms with E-state index in [-0.39, 0.29) is 12.5 Å². The molecule has 29 heavy (non-hydrogen) atoms. The predicted octanol–water partition coefficient (Wildman–Crippen LogP) is 2.39. The number of methoxy groups -OCH3 is 1. The highest BCUT2D eigenvalue weighted by Crippen LogP contribution is 2.22. The summed E-state index contributed by atoms with van der Waals surface area (Å²) in [6.45, 7) is 3.94. The molecule has 2 aromatic carbocycles. The van der Waals surface area contributed by atoms with E-state index in [1.165, 1.54) is 11.0 Å². The van der Waals surface area contributed by atoms with Gasteiger partial charge in [0.05, 0.1) is 13.7 Å². The molecule has 0 radical (unpaired) electrons. The lowest BCUT2D eigenvalue weighted by Gasteiger charge is -2.19. The van der Waals surface area contributed by atoms with Gasteiger partial charge in [-0.1, -0.05) is 18.2 Å². The van der Waals surface area contributed by atoms with Crippen LogP contribution in [0.3, 0.4) is 0 Å². The smallest absolute Gasteiger partial charge is 0.331 e. The van der Waals surface area contributed by atoms with Crippen LogP contribution >= 0.6 is 0 Å². The first-order chi connectivity index (χ1) is 14.0. The Balaban J connectivity index is 1.91. The second kappa shape index (κ2) is 10.8. The molecular weight excluding hydrogens is 372 g/mol. The van der Waals surface area contributed by atoms with Crippen LogP contribution in [-0.2, 0) is 19.1 Å². The summed E-state index contributed by atoms with van der Waals surface area (Å²) < 4.78 is 10.2. The molecule has 0 unspecified atom stereocenters. The van der Waals surface area contributed by atoms with Crippen molar-refractivity contribution in [3.63, 3.8) is 0 Å². The number of nitrogens with zero attached hydrogens (tertiary/aromatic N) is 1. The number of ether oxygens (including phenoxy) is 2. The molecule has 0 atom stereocenters. The maximum Gasteiger partial charge on any atom is 0.331 e. The zero-order chi connectivity index (χ0) is 21.2. The van der Waals surface area contributed by atoms with Gasteiger partial charge in [0.15, 0.2) is 6.61 Å². The minimum absolute atomic E-state index is 0.0571. The number of likely N-dealkylation sites (N-methyl/N-ethyl adjacent to an activating group) is 2. The summed E-state index contributed by atoms with van der Waals surface area (Å²) in [5.74, 6) is -0.507. The number of carbonyl (C=O) groups excluding carboxylic acids is 3. The first-order valence-corrected chi connectivity index (χ1v) is 9.44. The number of esters is 1. The Morgan fingerprint density at radius 3 is 2.48 bits per heavy atom. The van der Waals surface area contributed by atoms with E-state index in [9.17, 15) is 14.4 Å². The molecule has 2 amide bonds. The maximum absolute atomic E-state index is 12.1. The Labute approximate surface area is 170 Å². The normalized spacial score (nSPS) is 10.7. The second-order valence-corrected chi connectivity index (χ2v) is 6.27. The summed E-state index contributed by atoms with van der Waals surface area (Å²) in [6.07, 6.45) is 2.90. The summed E-state index contributed by atoms with van der Waals surface area (Å²) in [5, 5.41) is 4.67. The Bertz CT molecular complexity index is 907. The molecule has 0 aliphatic carbocycles. The number of hydrogen-bond donors (Lipinski definition) is 1. The zero-order valence-corrected chi connectivity index (χ0v) is 16.9. The predicted molar refractivity (Wildman–Crippen MR) is 111 cm³/mol. The third kappa shape index (κ3) is 6.64. The minimum atomic E-state index is -0.623. The van der Waals surface area contributed by atoms with Gasteiger partial charge in [-0.15, -0.1) is 0 Å². The van der Waals surface area contributed by atoms with Crippen LogP contribution in [0.25, 0.3) is 16.8 Å². The fourth-order valence-electron chi connectivity index (χ4n) is 2.71. The molecule has 2 aromatic rings. The summed E-state index contributed by atoms with van der Waals surface area (Å²) in [5.41, 5.74) is 0.831. The van der Waals surface area contributed by atoms with E-state index in [2.05, 4.69) is 5.32 Å². The highest BCUT2D eigenvalue weighted by atomic mass is 16.5. The van der Waals surface area contributed by atoms with Crippen molar-refractivity contribution in [2.24, 2.45) is 0 Å². The number of rotatable bonds is 9. The fraction of sp³-hybridized carbons (Fsp3) is 0.318. The molecule has 0 heterocycles. The average Bonchev–Trinajstić information content (AvgIpc) is 2.73. The van der Waals surface area contributed by atoms with Gasteiger partial charge in [0.2, 0.25) is 5.91 Å². The SMILES string of the molecule is CCNC(=O)CN(CC)C(=O)COC(=O)/C=C/c1ccc2cc(OC)ccc2c1. The van der Waals surface area contributed by atoms with Gasteiger partial charge in [0.25, 0.3) is 5.91 Å². The van der Waals surface area contributed by atoms with Crippen molar-refractivity contribution in [3.8, 4) is 5.75 Å². The van der Waals surface area contributed by atoms with Crippen molar-refractivity contribution in [1.82, 2.24) is 10.2 Å². The van der Waals surface area contributed by atoms with Crippen LogP contribution in [-0.4, -0.2) is 56.0 Å². The fourth-order valence-corrected chi connectivity index (χ4v) is 2.71. The highest BCUT2D eigenvalue weighted by Gasteiger charge is 2.16. The third-order valence-corrected chi connectivity index (χ3v) is 4.26. The van der Waals surface area contributed by atoms with Crippen molar-refractivity contribution >= 4 is 34.6 Å². The number of hydrogen-bond acceptors (Lipinski definition) is 5. The number of fused-ring (bicyclic) bond motifs is 1. The van der Waals surface area contributed by atoms with Crippen LogP contribution in [0.4, 0.5) is 0 Å². The largest absolute Gasteiger partial charge is 0.497 e. The standard InChI is InChI=1S/C22H26N2O5/c1-4-23-20(25)14-24(5-2)21(26)15-29-22(27)11-7-16-6-8-18-13-19(28-3)10-9-17(18)12-16/h6-13H,4-5,14-15H2,1-3H3,(H,23,25)/b11-7+. The molecule has 0 aliphatic rings. The molecule has 1 N–H and O–H groups in total. The number of carbonyl (C=O) groups is 3. The van der Waals surface area contributed by atoms with Crippen molar-refractivity contribution in [1.29, 1.82) is 0 Å². The second-order valence-electron chi connectivity index (χ2n) is 6.27. The lowest BCUT2D eigenvalue weighted by molar-refractivity contribution is -0.148. The van der Waals surface area contributed by atoms with Gasteiger partial charge in [-0.3, -0.25) is 9.59 Å². The van der Waals surface area contributed by atoms with E-state index < -0.39 is 18.5 Å². The van der Waals surface area contributed by atoms with E-state index in [4.69, 9.17) is 9.47 Å². The van der Waals surface area contributed by atoms with Crippen molar-refractivity contribution < 1.29 is 23.9 Å². The Hall–Kier alpha value is -3.35. The Morgan fingerprint density at radius 2 is 1.79 bits per heavy atom. The van der Waals surface area contributed by atoms with Gasteiger partial charge in [0.1, 0.15) is 5.75 Å². The molecule has 0 aromatic heterocycles. The highest BCUT2D eigenvalue weighted by molar-refractivity contribution is 5.92. The molecule has 0 saturated heterocycles. The lowest BCUT2D eigenvalue weighted by atomic mass is 10.1. The van der Waals surface area contributed by atoms with Gasteiger partial charge in [-0.25, -0.2) is 4.79 Å². The molecular formula is C22H26N2O5. The minimum Gasteiger partial charge on any atom is -0.497 e. The zero-order valence-electron chi connectivity index (χ0n) is 16.9. The topological polar surface area (TPSA) is 84.9 Å². The van der Waals surface area contributed by atoms with Gasteiger partial charge in [-0.2, -0.15) is 0 Å². The number of amides is 2. The Morgan fingerprint density at radius 1 is 1.07 bits per heavy atom. The molecule has 7 heteroatoms. The van der Waals surface area contributed by atoms with Crippen LogP contribution in [0.1, 0.15) is 19.4 Å². The average molecular weight is 398 g/mol. The number of nitrogens with one attached hydrogen (secondary N) is 1. The molecule has 7 nitrogen and oxygen atoms in total. The molecule has 0 fully saturated rings. The quantitative estimate of drug-likeness (QED) is 0.518. The third-order valence-electron chi connectivity index (χ3n) is 4.26. The van der Waals surface area contributed by atoms with Gasteiger partial charge < -0.3 is 19.7 Å². The molecule has 154 valence electrons. The monoisotopic (exact) mass is 398 g/mol. The molecule has 0 saturated carbocycles.